The van der Waals surface area contributed by atoms with Crippen molar-refractivity contribution in [2.75, 3.05) is 7.11 Å². The van der Waals surface area contributed by atoms with Crippen molar-refractivity contribution in [1.82, 2.24) is 0 Å². The minimum atomic E-state index is 0. The summed E-state index contributed by atoms with van der Waals surface area (Å²) < 4.78 is 7.78. The zero-order valence-electron chi connectivity index (χ0n) is 17.1. The maximum atomic E-state index is 5.37. The SMILES string of the molecule is COc1cccc(Sc2cc3ccccc3[n+](CCCCc3ccccc3)c2)c1.[I-]. The van der Waals surface area contributed by atoms with Crippen molar-refractivity contribution >= 4 is 22.7 Å². The van der Waals surface area contributed by atoms with E-state index in [-0.39, 0.29) is 24.0 Å². The maximum Gasteiger partial charge on any atom is 0.212 e. The summed E-state index contributed by atoms with van der Waals surface area (Å²) in [7, 11) is 1.71. The summed E-state index contributed by atoms with van der Waals surface area (Å²) in [6.45, 7) is 1.03. The molecule has 0 fully saturated rings. The summed E-state index contributed by atoms with van der Waals surface area (Å²) in [4.78, 5) is 2.44. The highest BCUT2D eigenvalue weighted by Crippen LogP contribution is 2.30. The number of hydrogen-bond donors (Lipinski definition) is 0. The fourth-order valence-electron chi connectivity index (χ4n) is 3.58. The third-order valence-corrected chi connectivity index (χ3v) is 6.01. The van der Waals surface area contributed by atoms with E-state index in [0.29, 0.717) is 0 Å². The molecule has 0 atom stereocenters. The monoisotopic (exact) mass is 527 g/mol. The molecule has 0 spiro atoms. The molecule has 0 saturated heterocycles. The second kappa shape index (κ2) is 11.4. The van der Waals surface area contributed by atoms with Gasteiger partial charge in [0.25, 0.3) is 0 Å². The van der Waals surface area contributed by atoms with Crippen LogP contribution in [-0.2, 0) is 13.0 Å². The molecule has 0 aliphatic rings. The number of aryl methyl sites for hydroxylation is 2. The Morgan fingerprint density at radius 3 is 2.43 bits per heavy atom. The molecule has 1 aromatic heterocycles. The Kier molecular flexibility index (Phi) is 8.58. The zero-order chi connectivity index (χ0) is 19.9. The van der Waals surface area contributed by atoms with Gasteiger partial charge in [-0.25, -0.2) is 0 Å². The highest BCUT2D eigenvalue weighted by atomic mass is 127. The summed E-state index contributed by atoms with van der Waals surface area (Å²) in [6.07, 6.45) is 5.78. The fraction of sp³-hybridized carbons (Fsp3) is 0.192. The Morgan fingerprint density at radius 2 is 1.60 bits per heavy atom. The highest BCUT2D eigenvalue weighted by Gasteiger charge is 2.12. The predicted octanol–water partition coefficient (Wildman–Crippen LogP) is 3.31. The Bertz CT molecular complexity index is 1080. The first-order valence-electron chi connectivity index (χ1n) is 10.1. The summed E-state index contributed by atoms with van der Waals surface area (Å²) in [6, 6.07) is 29.9. The number of para-hydroxylation sites is 1. The van der Waals surface area contributed by atoms with E-state index >= 15 is 0 Å². The van der Waals surface area contributed by atoms with Crippen LogP contribution in [0.25, 0.3) is 10.9 Å². The van der Waals surface area contributed by atoms with Gasteiger partial charge in [0.1, 0.15) is 12.3 Å². The third-order valence-electron chi connectivity index (χ3n) is 5.06. The second-order valence-electron chi connectivity index (χ2n) is 7.15. The van der Waals surface area contributed by atoms with Crippen molar-refractivity contribution in [1.29, 1.82) is 0 Å². The number of aromatic nitrogens is 1. The minimum absolute atomic E-state index is 0. The number of halogens is 1. The average molecular weight is 527 g/mol. The summed E-state index contributed by atoms with van der Waals surface area (Å²) >= 11 is 1.78. The number of unbranched alkanes of at least 4 members (excludes halogenated alkanes) is 1. The van der Waals surface area contributed by atoms with Gasteiger partial charge in [-0.1, -0.05) is 60.3 Å². The van der Waals surface area contributed by atoms with Gasteiger partial charge in [-0.3, -0.25) is 0 Å². The first-order chi connectivity index (χ1) is 14.3. The summed E-state index contributed by atoms with van der Waals surface area (Å²) in [5.41, 5.74) is 2.71. The van der Waals surface area contributed by atoms with E-state index in [1.165, 1.54) is 32.7 Å². The lowest BCUT2D eigenvalue weighted by atomic mass is 10.1. The Hall–Kier alpha value is -2.05. The molecule has 0 bridgehead atoms. The lowest BCUT2D eigenvalue weighted by molar-refractivity contribution is -0.673. The zero-order valence-corrected chi connectivity index (χ0v) is 20.1. The van der Waals surface area contributed by atoms with Crippen LogP contribution >= 0.6 is 11.8 Å². The van der Waals surface area contributed by atoms with Crippen LogP contribution in [0.1, 0.15) is 18.4 Å². The number of nitrogens with zero attached hydrogens (tertiary/aromatic N) is 1. The van der Waals surface area contributed by atoms with Gasteiger partial charge in [-0.2, -0.15) is 4.57 Å². The van der Waals surface area contributed by atoms with Crippen LogP contribution in [0.15, 0.2) is 101 Å². The first kappa shape index (κ1) is 22.6. The normalized spacial score (nSPS) is 10.6. The van der Waals surface area contributed by atoms with E-state index in [0.717, 1.165) is 25.1 Å². The van der Waals surface area contributed by atoms with Gasteiger partial charge < -0.3 is 28.7 Å². The molecule has 0 amide bonds. The van der Waals surface area contributed by atoms with Gasteiger partial charge in [-0.15, -0.1) is 0 Å². The van der Waals surface area contributed by atoms with E-state index in [1.807, 2.05) is 12.1 Å². The molecule has 30 heavy (non-hydrogen) atoms. The van der Waals surface area contributed by atoms with Crippen molar-refractivity contribution in [2.24, 2.45) is 0 Å². The molecule has 0 unspecified atom stereocenters. The molecule has 4 aromatic rings. The van der Waals surface area contributed by atoms with Gasteiger partial charge in [0, 0.05) is 22.8 Å². The standard InChI is InChI=1S/C26H26NOS.HI/c1-28-23-14-9-15-24(19-23)29-25-18-22-13-5-6-16-26(22)27(20-25)17-8-7-12-21-10-3-2-4-11-21;/h2-6,9-11,13-16,18-20H,7-8,12,17H2,1H3;1H/q+1;/p-1. The number of rotatable bonds is 8. The van der Waals surface area contributed by atoms with Gasteiger partial charge in [0.2, 0.25) is 5.52 Å². The van der Waals surface area contributed by atoms with Crippen LogP contribution in [0.2, 0.25) is 0 Å². The van der Waals surface area contributed by atoms with Crippen molar-refractivity contribution in [3.63, 3.8) is 0 Å². The smallest absolute Gasteiger partial charge is 0.212 e. The molecule has 0 radical (unpaired) electrons. The molecule has 0 aliphatic heterocycles. The molecule has 3 aromatic carbocycles. The number of ether oxygens (including phenoxy) is 1. The van der Waals surface area contributed by atoms with Crippen LogP contribution < -0.4 is 33.3 Å². The molecule has 4 rings (SSSR count). The Labute approximate surface area is 200 Å². The number of methoxy groups -OCH3 is 1. The summed E-state index contributed by atoms with van der Waals surface area (Å²) in [5, 5.41) is 1.28. The van der Waals surface area contributed by atoms with Gasteiger partial charge >= 0.3 is 0 Å². The molecule has 154 valence electrons. The number of fused-ring (bicyclic) bond motifs is 1. The van der Waals surface area contributed by atoms with Crippen LogP contribution in [0.3, 0.4) is 0 Å². The summed E-state index contributed by atoms with van der Waals surface area (Å²) in [5.74, 6) is 0.893. The molecule has 2 nitrogen and oxygen atoms in total. The lowest BCUT2D eigenvalue weighted by Crippen LogP contribution is -3.00. The highest BCUT2D eigenvalue weighted by molar-refractivity contribution is 7.99. The number of benzene rings is 3. The van der Waals surface area contributed by atoms with Crippen LogP contribution in [-0.4, -0.2) is 7.11 Å². The van der Waals surface area contributed by atoms with E-state index in [1.54, 1.807) is 18.9 Å². The molecule has 0 saturated carbocycles. The van der Waals surface area contributed by atoms with Gasteiger partial charge in [0.05, 0.1) is 12.0 Å². The minimum Gasteiger partial charge on any atom is -1.00 e. The van der Waals surface area contributed by atoms with E-state index in [2.05, 4.69) is 83.6 Å². The third kappa shape index (κ3) is 5.99. The fourth-order valence-corrected chi connectivity index (χ4v) is 4.54. The topological polar surface area (TPSA) is 13.1 Å². The second-order valence-corrected chi connectivity index (χ2v) is 8.30. The Balaban J connectivity index is 0.00000256. The Morgan fingerprint density at radius 1 is 0.800 bits per heavy atom. The van der Waals surface area contributed by atoms with Crippen molar-refractivity contribution < 1.29 is 33.3 Å². The molecule has 0 aliphatic carbocycles. The first-order valence-corrected chi connectivity index (χ1v) is 10.9. The molecule has 4 heteroatoms. The maximum absolute atomic E-state index is 5.37. The van der Waals surface area contributed by atoms with Crippen molar-refractivity contribution in [3.05, 3.63) is 96.7 Å². The molecular formula is C26H26INOS. The van der Waals surface area contributed by atoms with E-state index in [9.17, 15) is 0 Å². The van der Waals surface area contributed by atoms with Gasteiger partial charge in [-0.05, 0) is 48.7 Å². The molecular weight excluding hydrogens is 501 g/mol. The number of pyridine rings is 1. The van der Waals surface area contributed by atoms with E-state index < -0.39 is 0 Å². The average Bonchev–Trinajstić information content (AvgIpc) is 2.77. The predicted molar refractivity (Wildman–Crippen MR) is 121 cm³/mol. The molecule has 0 N–H and O–H groups in total. The molecule has 1 heterocycles. The largest absolute Gasteiger partial charge is 1.00 e. The quantitative estimate of drug-likeness (QED) is 0.198. The van der Waals surface area contributed by atoms with Crippen molar-refractivity contribution in [2.45, 2.75) is 35.6 Å². The van der Waals surface area contributed by atoms with Crippen LogP contribution in [0.5, 0.6) is 5.75 Å². The number of hydrogen-bond acceptors (Lipinski definition) is 2. The van der Waals surface area contributed by atoms with E-state index in [4.69, 9.17) is 4.74 Å². The van der Waals surface area contributed by atoms with Crippen LogP contribution in [0, 0.1) is 0 Å². The lowest BCUT2D eigenvalue weighted by Gasteiger charge is -2.07. The van der Waals surface area contributed by atoms with Crippen LogP contribution in [0.4, 0.5) is 0 Å². The van der Waals surface area contributed by atoms with Gasteiger partial charge in [0.15, 0.2) is 6.20 Å². The van der Waals surface area contributed by atoms with Crippen molar-refractivity contribution in [3.8, 4) is 5.75 Å².